The van der Waals surface area contributed by atoms with Crippen molar-refractivity contribution >= 4 is 5.82 Å². The number of aromatic amines is 1. The number of hydrogen-bond donors (Lipinski definition) is 2. The predicted molar refractivity (Wildman–Crippen MR) is 70.2 cm³/mol. The molecule has 0 aliphatic carbocycles. The zero-order valence-corrected chi connectivity index (χ0v) is 10.1. The third-order valence-electron chi connectivity index (χ3n) is 3.32. The summed E-state index contributed by atoms with van der Waals surface area (Å²) in [7, 11) is 0. The van der Waals surface area contributed by atoms with E-state index in [2.05, 4.69) is 46.7 Å². The number of aromatic nitrogens is 2. The Morgan fingerprint density at radius 2 is 2.18 bits per heavy atom. The molecule has 3 heteroatoms. The smallest absolute Gasteiger partial charge is 0.151 e. The molecule has 0 saturated carbocycles. The Balaban J connectivity index is 2.06. The Kier molecular flexibility index (Phi) is 2.59. The van der Waals surface area contributed by atoms with Gasteiger partial charge >= 0.3 is 0 Å². The van der Waals surface area contributed by atoms with Gasteiger partial charge in [0.1, 0.15) is 0 Å². The number of hydrogen-bond acceptors (Lipinski definition) is 2. The summed E-state index contributed by atoms with van der Waals surface area (Å²) in [6.07, 6.45) is 3.57. The molecule has 17 heavy (non-hydrogen) atoms. The minimum absolute atomic E-state index is 1.03. The normalized spacial score (nSPS) is 14.9. The molecule has 88 valence electrons. The quantitative estimate of drug-likeness (QED) is 0.785. The second-order valence-corrected chi connectivity index (χ2v) is 4.68. The molecule has 0 amide bonds. The lowest BCUT2D eigenvalue weighted by Crippen LogP contribution is -1.99. The molecule has 1 aromatic carbocycles. The van der Waals surface area contributed by atoms with Crippen LogP contribution in [0.1, 0.15) is 24.0 Å². The van der Waals surface area contributed by atoms with Gasteiger partial charge in [-0.05, 0) is 32.3 Å². The van der Waals surface area contributed by atoms with Crippen molar-refractivity contribution in [1.29, 1.82) is 0 Å². The van der Waals surface area contributed by atoms with Gasteiger partial charge in [0.2, 0.25) is 0 Å². The molecule has 0 radical (unpaired) electrons. The number of nitrogens with zero attached hydrogens (tertiary/aromatic N) is 1. The van der Waals surface area contributed by atoms with Gasteiger partial charge < -0.3 is 5.32 Å². The molecule has 0 saturated heterocycles. The maximum Gasteiger partial charge on any atom is 0.151 e. The van der Waals surface area contributed by atoms with E-state index in [0.29, 0.717) is 0 Å². The van der Waals surface area contributed by atoms with Crippen LogP contribution in [-0.2, 0) is 6.42 Å². The van der Waals surface area contributed by atoms with E-state index in [4.69, 9.17) is 0 Å². The summed E-state index contributed by atoms with van der Waals surface area (Å²) in [4.78, 5) is 0. The number of H-pyrrole nitrogens is 1. The topological polar surface area (TPSA) is 40.7 Å². The Labute approximate surface area is 101 Å². The van der Waals surface area contributed by atoms with E-state index in [9.17, 15) is 0 Å². The van der Waals surface area contributed by atoms with Crippen LogP contribution in [0.2, 0.25) is 0 Å². The van der Waals surface area contributed by atoms with Crippen LogP contribution in [0.4, 0.5) is 5.82 Å². The van der Waals surface area contributed by atoms with Gasteiger partial charge in [0.25, 0.3) is 0 Å². The highest BCUT2D eigenvalue weighted by molar-refractivity contribution is 5.69. The molecular formula is C14H17N3. The third kappa shape index (κ3) is 1.93. The lowest BCUT2D eigenvalue weighted by atomic mass is 10.0. The van der Waals surface area contributed by atoms with Crippen molar-refractivity contribution in [2.45, 2.75) is 26.2 Å². The van der Waals surface area contributed by atoms with Crippen molar-refractivity contribution in [1.82, 2.24) is 10.2 Å². The summed E-state index contributed by atoms with van der Waals surface area (Å²) in [6, 6.07) is 8.57. The van der Waals surface area contributed by atoms with Crippen LogP contribution in [0.15, 0.2) is 24.3 Å². The van der Waals surface area contributed by atoms with Gasteiger partial charge in [-0.2, -0.15) is 5.10 Å². The predicted octanol–water partition coefficient (Wildman–Crippen LogP) is 3.13. The Morgan fingerprint density at radius 3 is 3.06 bits per heavy atom. The molecule has 1 aliphatic heterocycles. The molecule has 0 spiro atoms. The van der Waals surface area contributed by atoms with E-state index in [0.717, 1.165) is 18.8 Å². The highest BCUT2D eigenvalue weighted by atomic mass is 15.2. The average Bonchev–Trinajstić information content (AvgIpc) is 2.59. The summed E-state index contributed by atoms with van der Waals surface area (Å²) in [5.41, 5.74) is 5.04. The second kappa shape index (κ2) is 4.24. The summed E-state index contributed by atoms with van der Waals surface area (Å²) in [5, 5.41) is 10.9. The molecule has 2 N–H and O–H groups in total. The Bertz CT molecular complexity index is 528. The standard InChI is InChI=1S/C14H17N3/c1-10-5-4-6-11(9-10)13-12-7-2-3-8-15-14(12)17-16-13/h4-6,9H,2-3,7-8H2,1H3,(H2,15,16,17). The zero-order chi connectivity index (χ0) is 11.7. The van der Waals surface area contributed by atoms with Gasteiger partial charge in [0.05, 0.1) is 5.69 Å². The van der Waals surface area contributed by atoms with Crippen molar-refractivity contribution < 1.29 is 0 Å². The number of anilines is 1. The zero-order valence-electron chi connectivity index (χ0n) is 10.1. The van der Waals surface area contributed by atoms with Gasteiger partial charge in [-0.15, -0.1) is 0 Å². The fraction of sp³-hybridized carbons (Fsp3) is 0.357. The first-order valence-electron chi connectivity index (χ1n) is 6.23. The van der Waals surface area contributed by atoms with E-state index in [1.807, 2.05) is 0 Å². The molecule has 2 aromatic rings. The van der Waals surface area contributed by atoms with E-state index in [-0.39, 0.29) is 0 Å². The van der Waals surface area contributed by atoms with Crippen molar-refractivity contribution in [2.75, 3.05) is 11.9 Å². The van der Waals surface area contributed by atoms with Crippen LogP contribution in [-0.4, -0.2) is 16.7 Å². The fourth-order valence-corrected chi connectivity index (χ4v) is 2.43. The lowest BCUT2D eigenvalue weighted by molar-refractivity contribution is 0.783. The van der Waals surface area contributed by atoms with Gasteiger partial charge in [-0.1, -0.05) is 23.8 Å². The fourth-order valence-electron chi connectivity index (χ4n) is 2.43. The van der Waals surface area contributed by atoms with Gasteiger partial charge in [0.15, 0.2) is 5.82 Å². The van der Waals surface area contributed by atoms with Crippen LogP contribution >= 0.6 is 0 Å². The first-order valence-corrected chi connectivity index (χ1v) is 6.23. The number of benzene rings is 1. The average molecular weight is 227 g/mol. The van der Waals surface area contributed by atoms with Crippen LogP contribution in [0.25, 0.3) is 11.3 Å². The Hall–Kier alpha value is -1.77. The molecule has 2 heterocycles. The minimum atomic E-state index is 1.03. The van der Waals surface area contributed by atoms with Crippen molar-refractivity contribution in [3.8, 4) is 11.3 Å². The number of nitrogens with one attached hydrogen (secondary N) is 2. The first kappa shape index (κ1) is 10.4. The molecule has 3 nitrogen and oxygen atoms in total. The maximum atomic E-state index is 4.39. The maximum absolute atomic E-state index is 4.39. The third-order valence-corrected chi connectivity index (χ3v) is 3.32. The highest BCUT2D eigenvalue weighted by Crippen LogP contribution is 2.30. The molecular weight excluding hydrogens is 210 g/mol. The van der Waals surface area contributed by atoms with Crippen LogP contribution in [0.3, 0.4) is 0 Å². The van der Waals surface area contributed by atoms with Crippen molar-refractivity contribution in [3.05, 3.63) is 35.4 Å². The summed E-state index contributed by atoms with van der Waals surface area (Å²) >= 11 is 0. The minimum Gasteiger partial charge on any atom is -0.368 e. The number of fused-ring (bicyclic) bond motifs is 1. The lowest BCUT2D eigenvalue weighted by Gasteiger charge is -2.03. The van der Waals surface area contributed by atoms with Crippen molar-refractivity contribution in [2.24, 2.45) is 0 Å². The number of rotatable bonds is 1. The molecule has 1 aliphatic rings. The van der Waals surface area contributed by atoms with Crippen LogP contribution in [0.5, 0.6) is 0 Å². The van der Waals surface area contributed by atoms with E-state index in [1.165, 1.54) is 35.2 Å². The highest BCUT2D eigenvalue weighted by Gasteiger charge is 2.16. The molecule has 1 aromatic heterocycles. The second-order valence-electron chi connectivity index (χ2n) is 4.68. The number of aryl methyl sites for hydroxylation is 1. The Morgan fingerprint density at radius 1 is 1.24 bits per heavy atom. The van der Waals surface area contributed by atoms with Crippen LogP contribution < -0.4 is 5.32 Å². The van der Waals surface area contributed by atoms with Crippen LogP contribution in [0, 0.1) is 6.92 Å². The van der Waals surface area contributed by atoms with E-state index in [1.54, 1.807) is 0 Å². The molecule has 0 atom stereocenters. The summed E-state index contributed by atoms with van der Waals surface area (Å²) < 4.78 is 0. The largest absolute Gasteiger partial charge is 0.368 e. The van der Waals surface area contributed by atoms with Gasteiger partial charge in [0, 0.05) is 17.7 Å². The SMILES string of the molecule is Cc1cccc(-c2[nH]nc3c2CCCCN3)c1. The molecule has 3 rings (SSSR count). The molecule has 0 bridgehead atoms. The summed E-state index contributed by atoms with van der Waals surface area (Å²) in [6.45, 7) is 3.15. The van der Waals surface area contributed by atoms with E-state index >= 15 is 0 Å². The molecule has 0 fully saturated rings. The molecule has 0 unspecified atom stereocenters. The van der Waals surface area contributed by atoms with Gasteiger partial charge in [-0.25, -0.2) is 0 Å². The first-order chi connectivity index (χ1) is 8.34. The van der Waals surface area contributed by atoms with Gasteiger partial charge in [-0.3, -0.25) is 5.10 Å². The van der Waals surface area contributed by atoms with E-state index < -0.39 is 0 Å². The van der Waals surface area contributed by atoms with Crippen molar-refractivity contribution in [3.63, 3.8) is 0 Å². The summed E-state index contributed by atoms with van der Waals surface area (Å²) in [5.74, 6) is 1.04. The monoisotopic (exact) mass is 227 g/mol.